The molecule has 0 radical (unpaired) electrons. The van der Waals surface area contributed by atoms with Crippen LogP contribution in [0.4, 0.5) is 0 Å². The molecule has 0 spiro atoms. The number of hydrogen-bond acceptors (Lipinski definition) is 1. The fourth-order valence-electron chi connectivity index (χ4n) is 5.75. The van der Waals surface area contributed by atoms with Crippen molar-refractivity contribution in [2.45, 2.75) is 175 Å². The zero-order valence-corrected chi connectivity index (χ0v) is 30.0. The molecule has 1 heterocycles. The first kappa shape index (κ1) is 34.3. The number of thiophene rings is 1. The van der Waals surface area contributed by atoms with Crippen LogP contribution in [0, 0.1) is 3.57 Å². The summed E-state index contributed by atoms with van der Waals surface area (Å²) in [4.78, 5) is 0. The lowest BCUT2D eigenvalue weighted by atomic mass is 9.95. The Bertz CT molecular complexity index is 878. The number of aryl methyl sites for hydroxylation is 2. The highest BCUT2D eigenvalue weighted by atomic mass is 127. The van der Waals surface area contributed by atoms with Gasteiger partial charge in [-0.2, -0.15) is 0 Å². The van der Waals surface area contributed by atoms with E-state index in [1.54, 1.807) is 29.3 Å². The van der Waals surface area contributed by atoms with Crippen molar-refractivity contribution < 1.29 is 0 Å². The van der Waals surface area contributed by atoms with Crippen LogP contribution in [-0.4, -0.2) is 8.07 Å². The van der Waals surface area contributed by atoms with Crippen molar-refractivity contribution in [3.8, 4) is 0 Å². The monoisotopic (exact) mass is 668 g/mol. The molecule has 0 aliphatic heterocycles. The summed E-state index contributed by atoms with van der Waals surface area (Å²) in [6.07, 6.45) is 31.1. The van der Waals surface area contributed by atoms with Gasteiger partial charge in [-0.3, -0.25) is 0 Å². The van der Waals surface area contributed by atoms with Gasteiger partial charge in [0.05, 0.1) is 8.07 Å². The van der Waals surface area contributed by atoms with E-state index in [4.69, 9.17) is 0 Å². The van der Waals surface area contributed by atoms with E-state index >= 15 is 0 Å². The number of benzene rings is 1. The van der Waals surface area contributed by atoms with Gasteiger partial charge in [-0.15, -0.1) is 11.3 Å². The summed E-state index contributed by atoms with van der Waals surface area (Å²) in [7, 11) is -1.29. The Morgan fingerprint density at radius 3 is 1.32 bits per heavy atom. The lowest BCUT2D eigenvalue weighted by Gasteiger charge is -2.14. The fraction of sp³-hybridized carbons (Fsp3) is 0.771. The number of halogens is 1. The average molecular weight is 669 g/mol. The average Bonchev–Trinajstić information content (AvgIpc) is 3.22. The standard InChI is InChI=1S/C35H61ISSi/c1-6-8-10-12-14-16-18-20-22-24-26-30-28-32-33(37-35(34(32)36)38(3,4)5)29-31(30)27-25-23-21-19-17-15-13-11-9-7-2/h28-29H,6-27H2,1-5H3. The van der Waals surface area contributed by atoms with Gasteiger partial charge in [0.2, 0.25) is 0 Å². The first-order chi connectivity index (χ1) is 18.4. The van der Waals surface area contributed by atoms with Crippen LogP contribution in [0.25, 0.3) is 10.1 Å². The SMILES string of the molecule is CCCCCCCCCCCCc1cc2sc([Si](C)(C)C)c(I)c2cc1CCCCCCCCCCCC. The minimum Gasteiger partial charge on any atom is -0.144 e. The minimum absolute atomic E-state index is 1.29. The fourth-order valence-corrected chi connectivity index (χ4v) is 12.4. The second-order valence-corrected chi connectivity index (χ2v) is 20.5. The summed E-state index contributed by atoms with van der Waals surface area (Å²) in [6, 6.07) is 5.24. The molecule has 1 aromatic carbocycles. The topological polar surface area (TPSA) is 0 Å². The molecule has 0 saturated heterocycles. The number of rotatable bonds is 23. The maximum atomic E-state index is 2.66. The molecule has 0 aliphatic carbocycles. The Labute approximate surface area is 256 Å². The van der Waals surface area contributed by atoms with Gasteiger partial charge < -0.3 is 0 Å². The quantitative estimate of drug-likeness (QED) is 0.0628. The van der Waals surface area contributed by atoms with E-state index < -0.39 is 8.07 Å². The zero-order chi connectivity index (χ0) is 27.6. The van der Waals surface area contributed by atoms with Crippen LogP contribution in [-0.2, 0) is 12.8 Å². The molecule has 2 aromatic rings. The lowest BCUT2D eigenvalue weighted by molar-refractivity contribution is 0.553. The molecule has 0 N–H and O–H groups in total. The summed E-state index contributed by atoms with van der Waals surface area (Å²) in [5.41, 5.74) is 3.35. The van der Waals surface area contributed by atoms with E-state index in [2.05, 4.69) is 79.5 Å². The highest BCUT2D eigenvalue weighted by Gasteiger charge is 2.24. The minimum atomic E-state index is -1.29. The van der Waals surface area contributed by atoms with E-state index in [0.29, 0.717) is 0 Å². The van der Waals surface area contributed by atoms with Crippen molar-refractivity contribution in [3.63, 3.8) is 0 Å². The maximum Gasteiger partial charge on any atom is 0.0918 e. The van der Waals surface area contributed by atoms with Crippen molar-refractivity contribution in [1.29, 1.82) is 0 Å². The smallest absolute Gasteiger partial charge is 0.0918 e. The van der Waals surface area contributed by atoms with Gasteiger partial charge in [-0.1, -0.05) is 149 Å². The predicted molar refractivity (Wildman–Crippen MR) is 189 cm³/mol. The van der Waals surface area contributed by atoms with Crippen LogP contribution in [0.1, 0.15) is 153 Å². The van der Waals surface area contributed by atoms with Gasteiger partial charge in [0.15, 0.2) is 0 Å². The second kappa shape index (κ2) is 20.1. The summed E-state index contributed by atoms with van der Waals surface area (Å²) >= 11 is 4.77. The Balaban J connectivity index is 1.87. The third kappa shape index (κ3) is 13.2. The Morgan fingerprint density at radius 1 is 0.553 bits per heavy atom. The summed E-state index contributed by atoms with van der Waals surface area (Å²) < 4.78 is 4.83. The van der Waals surface area contributed by atoms with Gasteiger partial charge in [-0.25, -0.2) is 0 Å². The highest BCUT2D eigenvalue weighted by Crippen LogP contribution is 2.32. The van der Waals surface area contributed by atoms with Crippen molar-refractivity contribution in [3.05, 3.63) is 26.8 Å². The van der Waals surface area contributed by atoms with Gasteiger partial charge >= 0.3 is 0 Å². The molecule has 0 nitrogen and oxygen atoms in total. The van der Waals surface area contributed by atoms with E-state index in [1.807, 2.05) is 0 Å². The van der Waals surface area contributed by atoms with Gasteiger partial charge in [0.25, 0.3) is 0 Å². The van der Waals surface area contributed by atoms with Crippen LogP contribution in [0.5, 0.6) is 0 Å². The van der Waals surface area contributed by atoms with Crippen LogP contribution < -0.4 is 4.50 Å². The number of fused-ring (bicyclic) bond motifs is 1. The van der Waals surface area contributed by atoms with Crippen molar-refractivity contribution >= 4 is 56.6 Å². The van der Waals surface area contributed by atoms with Gasteiger partial charge in [0.1, 0.15) is 0 Å². The van der Waals surface area contributed by atoms with Crippen LogP contribution in [0.15, 0.2) is 12.1 Å². The van der Waals surface area contributed by atoms with Crippen molar-refractivity contribution in [1.82, 2.24) is 0 Å². The lowest BCUT2D eigenvalue weighted by Crippen LogP contribution is -2.36. The van der Waals surface area contributed by atoms with E-state index in [9.17, 15) is 0 Å². The first-order valence-electron chi connectivity index (χ1n) is 16.6. The molecule has 218 valence electrons. The van der Waals surface area contributed by atoms with E-state index in [1.165, 1.54) is 141 Å². The summed E-state index contributed by atoms with van der Waals surface area (Å²) in [5.74, 6) is 0. The number of unbranched alkanes of at least 4 members (excludes halogenated alkanes) is 18. The van der Waals surface area contributed by atoms with Gasteiger partial charge in [-0.05, 0) is 71.5 Å². The molecule has 0 amide bonds. The first-order valence-corrected chi connectivity index (χ1v) is 22.0. The highest BCUT2D eigenvalue weighted by molar-refractivity contribution is 14.1. The molecular formula is C35H61ISSi. The molecule has 0 atom stereocenters. The number of hydrogen-bond donors (Lipinski definition) is 0. The summed E-state index contributed by atoms with van der Waals surface area (Å²) in [5, 5.41) is 1.56. The third-order valence-electron chi connectivity index (χ3n) is 8.23. The molecule has 2 rings (SSSR count). The molecule has 3 heteroatoms. The van der Waals surface area contributed by atoms with Crippen LogP contribution >= 0.6 is 33.9 Å². The Kier molecular flexibility index (Phi) is 18.1. The molecule has 0 saturated carbocycles. The molecule has 0 fully saturated rings. The Hall–Kier alpha value is 0.127. The van der Waals surface area contributed by atoms with Gasteiger partial charge in [0, 0.05) is 18.2 Å². The second-order valence-electron chi connectivity index (χ2n) is 13.0. The molecule has 0 aliphatic rings. The van der Waals surface area contributed by atoms with Crippen LogP contribution in [0.2, 0.25) is 19.6 Å². The van der Waals surface area contributed by atoms with Crippen LogP contribution in [0.3, 0.4) is 0 Å². The molecule has 0 bridgehead atoms. The molecule has 0 unspecified atom stereocenters. The van der Waals surface area contributed by atoms with Crippen molar-refractivity contribution in [2.75, 3.05) is 0 Å². The van der Waals surface area contributed by atoms with E-state index in [-0.39, 0.29) is 0 Å². The van der Waals surface area contributed by atoms with E-state index in [0.717, 1.165) is 0 Å². The summed E-state index contributed by atoms with van der Waals surface area (Å²) in [6.45, 7) is 12.1. The zero-order valence-electron chi connectivity index (χ0n) is 26.0. The third-order valence-corrected chi connectivity index (χ3v) is 14.9. The Morgan fingerprint density at radius 2 is 0.921 bits per heavy atom. The largest absolute Gasteiger partial charge is 0.144 e. The molecular weight excluding hydrogens is 607 g/mol. The maximum absolute atomic E-state index is 2.66. The molecule has 1 aromatic heterocycles. The predicted octanol–water partition coefficient (Wildman–Crippen LogP) is 13.0. The van der Waals surface area contributed by atoms with Crippen molar-refractivity contribution in [2.24, 2.45) is 0 Å². The molecule has 38 heavy (non-hydrogen) atoms. The normalized spacial score (nSPS) is 12.2.